The van der Waals surface area contributed by atoms with Gasteiger partial charge >= 0.3 is 29.6 Å². The molecule has 0 heterocycles. The fourth-order valence-electron chi connectivity index (χ4n) is 1.65. The van der Waals surface area contributed by atoms with E-state index >= 15 is 0 Å². The van der Waals surface area contributed by atoms with E-state index in [0.717, 1.165) is 26.1 Å². The first kappa shape index (κ1) is 19.4. The topological polar surface area (TPSA) is 9.23 Å². The zero-order valence-corrected chi connectivity index (χ0v) is 15.0. The van der Waals surface area contributed by atoms with Crippen molar-refractivity contribution < 1.29 is 35.7 Å². The Bertz CT molecular complexity index is 378. The molecule has 20 heavy (non-hydrogen) atoms. The Morgan fingerprint density at radius 3 is 1.35 bits per heavy atom. The fourth-order valence-corrected chi connectivity index (χ4v) is 1.65. The third-order valence-electron chi connectivity index (χ3n) is 2.58. The van der Waals surface area contributed by atoms with E-state index < -0.39 is 0 Å². The average Bonchev–Trinajstić information content (AvgIpc) is 2.50. The van der Waals surface area contributed by atoms with Crippen LogP contribution in [0.3, 0.4) is 0 Å². The van der Waals surface area contributed by atoms with Gasteiger partial charge < -0.3 is 6.16 Å². The SMILES string of the molecule is CCCOCCC.[H-].[Na+].c1ccc(-c2ccccc2)cc1. The molecule has 0 saturated heterocycles. The quantitative estimate of drug-likeness (QED) is 0.603. The van der Waals surface area contributed by atoms with E-state index in [-0.39, 0.29) is 31.0 Å². The summed E-state index contributed by atoms with van der Waals surface area (Å²) in [4.78, 5) is 0. The first-order valence-corrected chi connectivity index (χ1v) is 7.06. The smallest absolute Gasteiger partial charge is 1.00 e. The van der Waals surface area contributed by atoms with Crippen molar-refractivity contribution in [3.8, 4) is 11.1 Å². The van der Waals surface area contributed by atoms with E-state index in [4.69, 9.17) is 4.74 Å². The van der Waals surface area contributed by atoms with Gasteiger partial charge in [0.1, 0.15) is 0 Å². The third-order valence-corrected chi connectivity index (χ3v) is 2.58. The molecule has 2 aromatic carbocycles. The summed E-state index contributed by atoms with van der Waals surface area (Å²) < 4.78 is 5.13. The van der Waals surface area contributed by atoms with Crippen LogP contribution < -0.4 is 29.6 Å². The molecule has 1 nitrogen and oxygen atoms in total. The number of rotatable bonds is 5. The zero-order valence-electron chi connectivity index (χ0n) is 14.0. The molecule has 104 valence electrons. The summed E-state index contributed by atoms with van der Waals surface area (Å²) in [5.41, 5.74) is 2.55. The van der Waals surface area contributed by atoms with Gasteiger partial charge in [-0.2, -0.15) is 0 Å². The van der Waals surface area contributed by atoms with Gasteiger partial charge in [0.25, 0.3) is 0 Å². The average molecular weight is 280 g/mol. The summed E-state index contributed by atoms with van der Waals surface area (Å²) >= 11 is 0. The Kier molecular flexibility index (Phi) is 13.0. The zero-order chi connectivity index (χ0) is 13.8. The molecule has 0 N–H and O–H groups in total. The molecular formula is C18H25NaO. The molecule has 0 aliphatic rings. The first-order chi connectivity index (χ1) is 9.38. The molecule has 0 amide bonds. The molecule has 0 atom stereocenters. The minimum absolute atomic E-state index is 0. The van der Waals surface area contributed by atoms with Crippen LogP contribution in [0.25, 0.3) is 11.1 Å². The fraction of sp³-hybridized carbons (Fsp3) is 0.333. The Balaban J connectivity index is 0. The van der Waals surface area contributed by atoms with Crippen LogP contribution >= 0.6 is 0 Å². The maximum absolute atomic E-state index is 5.13. The van der Waals surface area contributed by atoms with Gasteiger partial charge in [-0.1, -0.05) is 74.5 Å². The van der Waals surface area contributed by atoms with Gasteiger partial charge in [0.2, 0.25) is 0 Å². The summed E-state index contributed by atoms with van der Waals surface area (Å²) in [6, 6.07) is 20.8. The van der Waals surface area contributed by atoms with Crippen molar-refractivity contribution in [2.75, 3.05) is 13.2 Å². The maximum atomic E-state index is 5.13. The predicted molar refractivity (Wildman–Crippen MR) is 84.4 cm³/mol. The number of benzene rings is 2. The van der Waals surface area contributed by atoms with Gasteiger partial charge in [-0.15, -0.1) is 0 Å². The summed E-state index contributed by atoms with van der Waals surface area (Å²) in [5.74, 6) is 0. The molecule has 0 fully saturated rings. The van der Waals surface area contributed by atoms with Crippen LogP contribution in [0.5, 0.6) is 0 Å². The number of hydrogen-bond acceptors (Lipinski definition) is 1. The van der Waals surface area contributed by atoms with Gasteiger partial charge in [0.05, 0.1) is 0 Å². The molecule has 0 saturated carbocycles. The van der Waals surface area contributed by atoms with Crippen molar-refractivity contribution in [3.63, 3.8) is 0 Å². The molecule has 2 aromatic rings. The number of ether oxygens (including phenoxy) is 1. The molecule has 0 bridgehead atoms. The van der Waals surface area contributed by atoms with E-state index in [9.17, 15) is 0 Å². The molecule has 0 aromatic heterocycles. The van der Waals surface area contributed by atoms with Crippen molar-refractivity contribution in [2.45, 2.75) is 26.7 Å². The summed E-state index contributed by atoms with van der Waals surface area (Å²) in [7, 11) is 0. The molecule has 0 unspecified atom stereocenters. The summed E-state index contributed by atoms with van der Waals surface area (Å²) in [6.07, 6.45) is 2.28. The molecular weight excluding hydrogens is 255 g/mol. The molecule has 0 aliphatic carbocycles. The van der Waals surface area contributed by atoms with Crippen LogP contribution in [0.2, 0.25) is 0 Å². The molecule has 0 radical (unpaired) electrons. The molecule has 2 rings (SSSR count). The predicted octanol–water partition coefficient (Wildman–Crippen LogP) is 2.29. The maximum Gasteiger partial charge on any atom is 1.00 e. The standard InChI is InChI=1S/C12H10.C6H14O.Na.H/c1-3-7-11(8-4-1)12-9-5-2-6-10-12;1-3-5-7-6-4-2;;/h1-10H;3-6H2,1-2H3;;/q;;+1;-1. The van der Waals surface area contributed by atoms with E-state index in [1.54, 1.807) is 0 Å². The minimum atomic E-state index is 0. The van der Waals surface area contributed by atoms with Crippen LogP contribution in [-0.2, 0) is 4.74 Å². The molecule has 0 aliphatic heterocycles. The van der Waals surface area contributed by atoms with Crippen LogP contribution in [0.15, 0.2) is 60.7 Å². The van der Waals surface area contributed by atoms with E-state index in [1.807, 2.05) is 12.1 Å². The summed E-state index contributed by atoms with van der Waals surface area (Å²) in [6.45, 7) is 6.09. The monoisotopic (exact) mass is 280 g/mol. The molecule has 0 spiro atoms. The van der Waals surface area contributed by atoms with Crippen molar-refractivity contribution in [1.82, 2.24) is 0 Å². The van der Waals surface area contributed by atoms with Crippen molar-refractivity contribution in [3.05, 3.63) is 60.7 Å². The van der Waals surface area contributed by atoms with Crippen LogP contribution in [0.4, 0.5) is 0 Å². The second kappa shape index (κ2) is 13.4. The van der Waals surface area contributed by atoms with Gasteiger partial charge in [0, 0.05) is 13.2 Å². The number of hydrogen-bond donors (Lipinski definition) is 0. The van der Waals surface area contributed by atoms with E-state index in [1.165, 1.54) is 11.1 Å². The van der Waals surface area contributed by atoms with Crippen LogP contribution in [0.1, 0.15) is 28.1 Å². The van der Waals surface area contributed by atoms with Gasteiger partial charge in [-0.25, -0.2) is 0 Å². The van der Waals surface area contributed by atoms with Crippen molar-refractivity contribution in [2.24, 2.45) is 0 Å². The third kappa shape index (κ3) is 8.55. The Morgan fingerprint density at radius 2 is 1.05 bits per heavy atom. The van der Waals surface area contributed by atoms with Gasteiger partial charge in [0.15, 0.2) is 0 Å². The Labute approximate surface area is 147 Å². The second-order valence-electron chi connectivity index (χ2n) is 4.34. The van der Waals surface area contributed by atoms with E-state index in [0.29, 0.717) is 0 Å². The largest absolute Gasteiger partial charge is 1.00 e. The minimum Gasteiger partial charge on any atom is -1.00 e. The van der Waals surface area contributed by atoms with E-state index in [2.05, 4.69) is 62.4 Å². The van der Waals surface area contributed by atoms with Gasteiger partial charge in [-0.05, 0) is 24.0 Å². The van der Waals surface area contributed by atoms with Gasteiger partial charge in [-0.3, -0.25) is 0 Å². The van der Waals surface area contributed by atoms with Crippen molar-refractivity contribution in [1.29, 1.82) is 0 Å². The first-order valence-electron chi connectivity index (χ1n) is 7.06. The van der Waals surface area contributed by atoms with Crippen LogP contribution in [-0.4, -0.2) is 13.2 Å². The summed E-state index contributed by atoms with van der Waals surface area (Å²) in [5, 5.41) is 0. The second-order valence-corrected chi connectivity index (χ2v) is 4.34. The Morgan fingerprint density at radius 1 is 0.700 bits per heavy atom. The normalized spacial score (nSPS) is 9.10. The molecule has 2 heteroatoms. The van der Waals surface area contributed by atoms with Crippen LogP contribution in [0, 0.1) is 0 Å². The van der Waals surface area contributed by atoms with Crippen molar-refractivity contribution >= 4 is 0 Å². The Hall–Kier alpha value is -0.600.